The monoisotopic (exact) mass is 318 g/mol. The van der Waals surface area contributed by atoms with E-state index >= 15 is 0 Å². The molecule has 2 N–H and O–H groups in total. The fourth-order valence-corrected chi connectivity index (χ4v) is 1.93. The summed E-state index contributed by atoms with van der Waals surface area (Å²) >= 11 is 0. The minimum atomic E-state index is 0.284. The van der Waals surface area contributed by atoms with E-state index in [1.165, 1.54) is 0 Å². The molecule has 0 saturated heterocycles. The van der Waals surface area contributed by atoms with Gasteiger partial charge >= 0.3 is 5.82 Å². The van der Waals surface area contributed by atoms with Crippen LogP contribution in [0, 0.1) is 12.0 Å². The summed E-state index contributed by atoms with van der Waals surface area (Å²) in [7, 11) is 0. The summed E-state index contributed by atoms with van der Waals surface area (Å²) in [5, 5.41) is 21.6. The van der Waals surface area contributed by atoms with Crippen molar-refractivity contribution in [3.8, 4) is 23.3 Å². The van der Waals surface area contributed by atoms with E-state index in [2.05, 4.69) is 42.9 Å². The van der Waals surface area contributed by atoms with Crippen LogP contribution >= 0.6 is 0 Å². The Kier molecular flexibility index (Phi) is 4.60. The number of para-hydroxylation sites is 2. The lowest BCUT2D eigenvalue weighted by Gasteiger charge is -1.98. The highest BCUT2D eigenvalue weighted by Crippen LogP contribution is 2.04. The van der Waals surface area contributed by atoms with E-state index in [1.54, 1.807) is 9.59 Å². The van der Waals surface area contributed by atoms with Gasteiger partial charge in [-0.25, -0.2) is 0 Å². The molecule has 0 aliphatic carbocycles. The molecule has 0 radical (unpaired) electrons. The number of nitrogens with two attached hydrogens (primary N) is 1. The highest BCUT2D eigenvalue weighted by atomic mass is 15.7. The maximum absolute atomic E-state index is 4.80. The number of aromatic nitrogens is 4. The van der Waals surface area contributed by atoms with Gasteiger partial charge in [0.05, 0.1) is 11.1 Å². The van der Waals surface area contributed by atoms with Crippen molar-refractivity contribution in [1.82, 2.24) is 15.0 Å². The van der Waals surface area contributed by atoms with Gasteiger partial charge in [-0.15, -0.1) is 0 Å². The number of hydrogen-bond donors (Lipinski definition) is 1. The third-order valence-corrected chi connectivity index (χ3v) is 2.89. The molecule has 24 heavy (non-hydrogen) atoms. The molecule has 1 heterocycles. The van der Waals surface area contributed by atoms with Gasteiger partial charge in [0, 0.05) is 15.8 Å². The minimum Gasteiger partial charge on any atom is -0.303 e. The van der Waals surface area contributed by atoms with Crippen LogP contribution in [0.25, 0.3) is 11.4 Å². The second kappa shape index (κ2) is 7.37. The zero-order chi connectivity index (χ0) is 16.6. The van der Waals surface area contributed by atoms with Crippen LogP contribution < -0.4 is 10.6 Å². The molecule has 2 aromatic carbocycles. The van der Waals surface area contributed by atoms with Crippen molar-refractivity contribution < 1.29 is 4.80 Å². The number of benzene rings is 2. The number of rotatable bonds is 3. The first-order valence-electron chi connectivity index (χ1n) is 6.90. The lowest BCUT2D eigenvalue weighted by Crippen LogP contribution is -2.43. The molecule has 9 heteroatoms. The van der Waals surface area contributed by atoms with Gasteiger partial charge in [0.1, 0.15) is 5.69 Å². The summed E-state index contributed by atoms with van der Waals surface area (Å²) in [6, 6.07) is 21.7. The molecule has 0 unspecified atom stereocenters. The van der Waals surface area contributed by atoms with E-state index in [1.807, 2.05) is 60.7 Å². The molecule has 0 atom stereocenters. The zero-order valence-corrected chi connectivity index (χ0v) is 12.4. The highest BCUT2D eigenvalue weighted by Gasteiger charge is 2.20. The molecule has 0 aliphatic rings. The SMILES string of the molecule is NN=NN=NC#Cc1nn(-c2ccccc2)[n+](-c2ccccc2)n1. The van der Waals surface area contributed by atoms with Crippen LogP contribution in [0.2, 0.25) is 0 Å². The van der Waals surface area contributed by atoms with Crippen LogP contribution in [0.4, 0.5) is 0 Å². The fraction of sp³-hybridized carbons (Fsp3) is 0. The first kappa shape index (κ1) is 15.0. The van der Waals surface area contributed by atoms with Gasteiger partial charge < -0.3 is 5.84 Å². The maximum Gasteiger partial charge on any atom is 0.385 e. The Morgan fingerprint density at radius 1 is 0.958 bits per heavy atom. The molecule has 0 spiro atoms. The van der Waals surface area contributed by atoms with Crippen molar-refractivity contribution in [2.75, 3.05) is 0 Å². The quantitative estimate of drug-likeness (QED) is 0.260. The van der Waals surface area contributed by atoms with Crippen molar-refractivity contribution in [3.63, 3.8) is 0 Å². The third-order valence-electron chi connectivity index (χ3n) is 2.89. The van der Waals surface area contributed by atoms with Crippen LogP contribution in [0.1, 0.15) is 5.82 Å². The predicted octanol–water partition coefficient (Wildman–Crippen LogP) is 1.55. The van der Waals surface area contributed by atoms with Gasteiger partial charge in [-0.05, 0) is 39.5 Å². The summed E-state index contributed by atoms with van der Waals surface area (Å²) in [6.45, 7) is 0. The van der Waals surface area contributed by atoms with Gasteiger partial charge in [-0.3, -0.25) is 0 Å². The molecular weight excluding hydrogens is 306 g/mol. The highest BCUT2D eigenvalue weighted by molar-refractivity contribution is 5.29. The minimum absolute atomic E-state index is 0.284. The topological polar surface area (TPSA) is 110 Å². The van der Waals surface area contributed by atoms with Crippen molar-refractivity contribution in [2.24, 2.45) is 26.6 Å². The normalized spacial score (nSPS) is 10.8. The van der Waals surface area contributed by atoms with Crippen molar-refractivity contribution in [3.05, 3.63) is 66.5 Å². The van der Waals surface area contributed by atoms with E-state index in [4.69, 9.17) is 5.84 Å². The third kappa shape index (κ3) is 3.45. The van der Waals surface area contributed by atoms with Crippen molar-refractivity contribution in [1.29, 1.82) is 0 Å². The zero-order valence-electron chi connectivity index (χ0n) is 12.4. The van der Waals surface area contributed by atoms with E-state index in [0.717, 1.165) is 11.4 Å². The Balaban J connectivity index is 2.03. The molecule has 0 aliphatic heterocycles. The van der Waals surface area contributed by atoms with E-state index in [0.29, 0.717) is 0 Å². The average molecular weight is 318 g/mol. The standard InChI is InChI=1S/C15H12N9/c16-20-22-21-17-12-11-15-18-23(13-7-3-1-4-8-13)24(19-15)14-9-5-2-6-10-14/h1-10H,(H2,16,17,22)/q+1. The van der Waals surface area contributed by atoms with Crippen LogP contribution in [-0.4, -0.2) is 15.0 Å². The summed E-state index contributed by atoms with van der Waals surface area (Å²) in [6.07, 6.45) is 0. The van der Waals surface area contributed by atoms with Gasteiger partial charge in [0.15, 0.2) is 5.69 Å². The molecule has 0 bridgehead atoms. The molecular formula is C15H12N9+. The Bertz CT molecular complexity index is 861. The second-order valence-corrected chi connectivity index (χ2v) is 4.40. The average Bonchev–Trinajstić information content (AvgIpc) is 3.07. The lowest BCUT2D eigenvalue weighted by molar-refractivity contribution is -0.735. The lowest BCUT2D eigenvalue weighted by atomic mass is 10.3. The van der Waals surface area contributed by atoms with Gasteiger partial charge in [-0.2, -0.15) is 0 Å². The summed E-state index contributed by atoms with van der Waals surface area (Å²) in [5.74, 6) is 7.77. The van der Waals surface area contributed by atoms with Crippen molar-refractivity contribution in [2.45, 2.75) is 0 Å². The van der Waals surface area contributed by atoms with Crippen LogP contribution in [0.5, 0.6) is 0 Å². The largest absolute Gasteiger partial charge is 0.385 e. The van der Waals surface area contributed by atoms with Gasteiger partial charge in [0.25, 0.3) is 0 Å². The first-order valence-corrected chi connectivity index (χ1v) is 6.90. The van der Waals surface area contributed by atoms with E-state index in [9.17, 15) is 0 Å². The Morgan fingerprint density at radius 3 is 2.38 bits per heavy atom. The van der Waals surface area contributed by atoms with Crippen LogP contribution in [-0.2, 0) is 0 Å². The summed E-state index contributed by atoms with van der Waals surface area (Å²) < 4.78 is 0. The molecule has 116 valence electrons. The number of tetrazole rings is 1. The smallest absolute Gasteiger partial charge is 0.303 e. The molecule has 9 nitrogen and oxygen atoms in total. The van der Waals surface area contributed by atoms with Gasteiger partial charge in [0.2, 0.25) is 0 Å². The predicted molar refractivity (Wildman–Crippen MR) is 83.7 cm³/mol. The molecule has 0 amide bonds. The van der Waals surface area contributed by atoms with Crippen LogP contribution in [0.15, 0.2) is 81.4 Å². The maximum atomic E-state index is 4.80. The van der Waals surface area contributed by atoms with Gasteiger partial charge in [-0.1, -0.05) is 46.7 Å². The Labute approximate surface area is 137 Å². The van der Waals surface area contributed by atoms with Crippen LogP contribution in [0.3, 0.4) is 0 Å². The molecule has 1 aromatic heterocycles. The Morgan fingerprint density at radius 2 is 1.67 bits per heavy atom. The number of hydrogen-bond acceptors (Lipinski definition) is 4. The molecule has 3 aromatic rings. The van der Waals surface area contributed by atoms with E-state index < -0.39 is 0 Å². The van der Waals surface area contributed by atoms with E-state index in [-0.39, 0.29) is 5.82 Å². The fourth-order valence-electron chi connectivity index (χ4n) is 1.93. The summed E-state index contributed by atoms with van der Waals surface area (Å²) in [5.41, 5.74) is 1.70. The first-order chi connectivity index (χ1) is 11.9. The second-order valence-electron chi connectivity index (χ2n) is 4.40. The molecule has 0 fully saturated rings. The Hall–Kier alpha value is -3.93. The molecule has 3 rings (SSSR count). The number of nitrogens with zero attached hydrogens (tertiary/aromatic N) is 8. The molecule has 0 saturated carbocycles. The van der Waals surface area contributed by atoms with Crippen molar-refractivity contribution >= 4 is 0 Å². The summed E-state index contributed by atoms with van der Waals surface area (Å²) in [4.78, 5) is 3.30.